The van der Waals surface area contributed by atoms with Gasteiger partial charge in [0.05, 0.1) is 0 Å². The molecule has 0 heterocycles. The molecule has 0 radical (unpaired) electrons. The SMILES string of the molecule is C[SiH](C)OC(CCCCCC(C)(C)C)[P+](c1ccccc1)(c1ccccc1)c1ccccc1. The summed E-state index contributed by atoms with van der Waals surface area (Å²) in [6, 6.07) is 33.6. The van der Waals surface area contributed by atoms with E-state index in [0.717, 1.165) is 6.42 Å². The highest BCUT2D eigenvalue weighted by Crippen LogP contribution is 2.61. The van der Waals surface area contributed by atoms with Crippen molar-refractivity contribution in [2.75, 3.05) is 0 Å². The molecule has 0 saturated heterocycles. The molecule has 0 amide bonds. The van der Waals surface area contributed by atoms with Crippen molar-refractivity contribution in [1.82, 2.24) is 0 Å². The summed E-state index contributed by atoms with van der Waals surface area (Å²) in [4.78, 5) is 0. The first-order chi connectivity index (χ1) is 15.8. The Balaban J connectivity index is 2.08. The Hall–Kier alpha value is -1.73. The minimum absolute atomic E-state index is 0.214. The van der Waals surface area contributed by atoms with Crippen LogP contribution in [0, 0.1) is 5.41 Å². The summed E-state index contributed by atoms with van der Waals surface area (Å²) in [6.07, 6.45) is 6.18. The molecule has 176 valence electrons. The van der Waals surface area contributed by atoms with E-state index in [1.807, 2.05) is 0 Å². The van der Waals surface area contributed by atoms with Crippen molar-refractivity contribution in [1.29, 1.82) is 0 Å². The highest BCUT2D eigenvalue weighted by Gasteiger charge is 2.53. The van der Waals surface area contributed by atoms with Crippen molar-refractivity contribution in [2.45, 2.75) is 71.8 Å². The van der Waals surface area contributed by atoms with Gasteiger partial charge in [0, 0.05) is 6.42 Å². The maximum atomic E-state index is 7.01. The minimum Gasteiger partial charge on any atom is -0.387 e. The Morgan fingerprint density at radius 2 is 1.09 bits per heavy atom. The zero-order chi connectivity index (χ0) is 23.7. The van der Waals surface area contributed by atoms with Gasteiger partial charge in [-0.2, -0.15) is 0 Å². The zero-order valence-electron chi connectivity index (χ0n) is 21.2. The van der Waals surface area contributed by atoms with Crippen molar-refractivity contribution in [3.05, 3.63) is 91.0 Å². The topological polar surface area (TPSA) is 9.23 Å². The van der Waals surface area contributed by atoms with E-state index < -0.39 is 16.3 Å². The van der Waals surface area contributed by atoms with Crippen molar-refractivity contribution >= 4 is 32.2 Å². The van der Waals surface area contributed by atoms with E-state index in [0.29, 0.717) is 5.41 Å². The summed E-state index contributed by atoms with van der Waals surface area (Å²) in [5.41, 5.74) is 0.412. The van der Waals surface area contributed by atoms with Crippen LogP contribution in [0.1, 0.15) is 52.9 Å². The normalized spacial score (nSPS) is 13.3. The Labute approximate surface area is 204 Å². The zero-order valence-corrected chi connectivity index (χ0v) is 23.3. The predicted octanol–water partition coefficient (Wildman–Crippen LogP) is 7.30. The molecule has 0 aromatic heterocycles. The second-order valence-corrected chi connectivity index (χ2v) is 16.5. The third-order valence-electron chi connectivity index (χ3n) is 6.23. The fourth-order valence-electron chi connectivity index (χ4n) is 4.75. The van der Waals surface area contributed by atoms with Gasteiger partial charge in [-0.15, -0.1) is 0 Å². The summed E-state index contributed by atoms with van der Waals surface area (Å²) in [5.74, 6) is 0.214. The Bertz CT molecular complexity index is 839. The van der Waals surface area contributed by atoms with Crippen molar-refractivity contribution in [3.8, 4) is 0 Å². The van der Waals surface area contributed by atoms with E-state index in [2.05, 4.69) is 125 Å². The summed E-state index contributed by atoms with van der Waals surface area (Å²) in [6.45, 7) is 11.7. The lowest BCUT2D eigenvalue weighted by atomic mass is 9.89. The quantitative estimate of drug-likeness (QED) is 0.160. The second-order valence-electron chi connectivity index (χ2n) is 10.5. The minimum atomic E-state index is -1.99. The van der Waals surface area contributed by atoms with Crippen LogP contribution >= 0.6 is 7.26 Å². The number of benzene rings is 3. The van der Waals surface area contributed by atoms with Gasteiger partial charge in [-0.25, -0.2) is 0 Å². The van der Waals surface area contributed by atoms with Crippen molar-refractivity contribution < 1.29 is 4.43 Å². The largest absolute Gasteiger partial charge is 0.387 e. The van der Waals surface area contributed by atoms with Gasteiger partial charge >= 0.3 is 0 Å². The average Bonchev–Trinajstić information content (AvgIpc) is 2.80. The van der Waals surface area contributed by atoms with Crippen molar-refractivity contribution in [2.24, 2.45) is 5.41 Å². The highest BCUT2D eigenvalue weighted by molar-refractivity contribution is 7.96. The molecule has 0 saturated carbocycles. The van der Waals surface area contributed by atoms with E-state index in [1.54, 1.807) is 0 Å². The first kappa shape index (κ1) is 25.9. The molecule has 0 aliphatic carbocycles. The van der Waals surface area contributed by atoms with Crippen LogP contribution in [-0.2, 0) is 4.43 Å². The van der Waals surface area contributed by atoms with Gasteiger partial charge in [0.25, 0.3) is 0 Å². The van der Waals surface area contributed by atoms with E-state index in [-0.39, 0.29) is 5.85 Å². The van der Waals surface area contributed by atoms with Crippen LogP contribution < -0.4 is 15.9 Å². The molecule has 0 bridgehead atoms. The smallest absolute Gasteiger partial charge is 0.176 e. The molecule has 0 spiro atoms. The molecule has 3 heteroatoms. The van der Waals surface area contributed by atoms with Crippen LogP contribution in [-0.4, -0.2) is 14.9 Å². The maximum Gasteiger partial charge on any atom is 0.176 e. The van der Waals surface area contributed by atoms with E-state index >= 15 is 0 Å². The second kappa shape index (κ2) is 12.1. The fraction of sp³-hybridized carbons (Fsp3) is 0.400. The molecular formula is C30H42OPSi+. The van der Waals surface area contributed by atoms with Gasteiger partial charge in [-0.3, -0.25) is 0 Å². The lowest BCUT2D eigenvalue weighted by Crippen LogP contribution is -2.41. The maximum absolute atomic E-state index is 7.01. The van der Waals surface area contributed by atoms with Gasteiger partial charge in [0.2, 0.25) is 0 Å². The third kappa shape index (κ3) is 6.88. The lowest BCUT2D eigenvalue weighted by Gasteiger charge is -2.35. The van der Waals surface area contributed by atoms with Gasteiger partial charge in [-0.1, -0.05) is 88.2 Å². The summed E-state index contributed by atoms with van der Waals surface area (Å²) in [5, 5.41) is 4.28. The molecule has 3 aromatic rings. The fourth-order valence-corrected chi connectivity index (χ4v) is 11.4. The molecule has 1 atom stereocenters. The Morgan fingerprint density at radius 3 is 1.45 bits per heavy atom. The molecule has 0 N–H and O–H groups in total. The first-order valence-electron chi connectivity index (χ1n) is 12.5. The highest BCUT2D eigenvalue weighted by atomic mass is 31.2. The molecular weight excluding hydrogens is 435 g/mol. The number of unbranched alkanes of at least 4 members (excludes halogenated alkanes) is 2. The summed E-state index contributed by atoms with van der Waals surface area (Å²) < 4.78 is 7.01. The van der Waals surface area contributed by atoms with Crippen LogP contribution in [0.25, 0.3) is 0 Å². The molecule has 3 rings (SSSR count). The lowest BCUT2D eigenvalue weighted by molar-refractivity contribution is 0.269. The molecule has 1 nitrogen and oxygen atoms in total. The molecule has 0 aliphatic rings. The Kier molecular flexibility index (Phi) is 9.50. The summed E-state index contributed by atoms with van der Waals surface area (Å²) in [7, 11) is -3.24. The van der Waals surface area contributed by atoms with Gasteiger partial charge in [0.15, 0.2) is 14.9 Å². The van der Waals surface area contributed by atoms with Crippen molar-refractivity contribution in [3.63, 3.8) is 0 Å². The molecule has 0 fully saturated rings. The Morgan fingerprint density at radius 1 is 0.667 bits per heavy atom. The third-order valence-corrected chi connectivity index (χ3v) is 11.9. The van der Waals surface area contributed by atoms with Crippen LogP contribution in [0.3, 0.4) is 0 Å². The van der Waals surface area contributed by atoms with Gasteiger partial charge in [-0.05, 0) is 67.7 Å². The first-order valence-corrected chi connectivity index (χ1v) is 17.2. The number of rotatable bonds is 11. The van der Waals surface area contributed by atoms with E-state index in [9.17, 15) is 0 Å². The van der Waals surface area contributed by atoms with Gasteiger partial charge in [0.1, 0.15) is 23.2 Å². The number of hydrogen-bond acceptors (Lipinski definition) is 1. The van der Waals surface area contributed by atoms with Crippen LogP contribution in [0.5, 0.6) is 0 Å². The van der Waals surface area contributed by atoms with Crippen LogP contribution in [0.4, 0.5) is 0 Å². The van der Waals surface area contributed by atoms with E-state index in [1.165, 1.54) is 41.6 Å². The molecule has 1 unspecified atom stereocenters. The average molecular weight is 478 g/mol. The van der Waals surface area contributed by atoms with E-state index in [4.69, 9.17) is 4.43 Å². The monoisotopic (exact) mass is 477 g/mol. The number of hydrogen-bond donors (Lipinski definition) is 0. The standard InChI is InChI=1S/C30H42OPSi/c1-30(2,3)25-17-9-16-24-29(31-33(4)5)32(26-18-10-6-11-19-26,27-20-12-7-13-21-27)28-22-14-8-15-23-28/h6-8,10-15,18-23,29,33H,9,16-17,24-25H2,1-5H3/q+1. The molecule has 0 aliphatic heterocycles. The molecule has 3 aromatic carbocycles. The van der Waals surface area contributed by atoms with Crippen LogP contribution in [0.2, 0.25) is 13.1 Å². The van der Waals surface area contributed by atoms with Gasteiger partial charge < -0.3 is 4.43 Å². The predicted molar refractivity (Wildman–Crippen MR) is 151 cm³/mol. The summed E-state index contributed by atoms with van der Waals surface area (Å²) >= 11 is 0. The van der Waals surface area contributed by atoms with Crippen LogP contribution in [0.15, 0.2) is 91.0 Å². The molecule has 33 heavy (non-hydrogen) atoms.